The predicted molar refractivity (Wildman–Crippen MR) is 112 cm³/mol. The number of sulfonamides is 1. The summed E-state index contributed by atoms with van der Waals surface area (Å²) in [5, 5.41) is 0. The second-order valence-electron chi connectivity index (χ2n) is 6.74. The Kier molecular flexibility index (Phi) is 5.64. The Morgan fingerprint density at radius 1 is 1.21 bits per heavy atom. The molecule has 0 aliphatic carbocycles. The molecule has 0 saturated carbocycles. The highest BCUT2D eigenvalue weighted by Crippen LogP contribution is 2.30. The van der Waals surface area contributed by atoms with E-state index < -0.39 is 10.0 Å². The number of hydrogen-bond acceptors (Lipinski definition) is 5. The average Bonchev–Trinajstić information content (AvgIpc) is 3.26. The van der Waals surface area contributed by atoms with Crippen LogP contribution in [0.2, 0.25) is 4.34 Å². The number of aryl methyl sites for hydroxylation is 1. The van der Waals surface area contributed by atoms with Gasteiger partial charge in [-0.15, -0.1) is 11.3 Å². The van der Waals surface area contributed by atoms with E-state index in [1.165, 1.54) is 33.8 Å². The molecule has 1 aliphatic heterocycles. The van der Waals surface area contributed by atoms with Gasteiger partial charge >= 0.3 is 0 Å². The van der Waals surface area contributed by atoms with E-state index in [9.17, 15) is 17.6 Å². The summed E-state index contributed by atoms with van der Waals surface area (Å²) in [6, 6.07) is 7.51. The van der Waals surface area contributed by atoms with Crippen molar-refractivity contribution in [2.75, 3.05) is 13.1 Å². The molecular formula is C18H17ClFN3O3S3. The van der Waals surface area contributed by atoms with Crippen LogP contribution < -0.4 is 4.80 Å². The molecule has 4 rings (SSSR count). The van der Waals surface area contributed by atoms with Gasteiger partial charge in [-0.1, -0.05) is 22.9 Å². The van der Waals surface area contributed by atoms with Crippen LogP contribution in [0.15, 0.2) is 39.5 Å². The summed E-state index contributed by atoms with van der Waals surface area (Å²) in [6.45, 7) is 0.515. The van der Waals surface area contributed by atoms with Gasteiger partial charge in [0.2, 0.25) is 0 Å². The zero-order valence-corrected chi connectivity index (χ0v) is 18.5. The molecular weight excluding hydrogens is 457 g/mol. The van der Waals surface area contributed by atoms with E-state index in [1.54, 1.807) is 23.7 Å². The second kappa shape index (κ2) is 7.92. The number of fused-ring (bicyclic) bond motifs is 1. The number of carbonyl (C=O) groups excluding carboxylic acids is 1. The van der Waals surface area contributed by atoms with Crippen molar-refractivity contribution in [1.82, 2.24) is 8.87 Å². The summed E-state index contributed by atoms with van der Waals surface area (Å²) in [5.74, 6) is -0.947. The lowest BCUT2D eigenvalue weighted by Gasteiger charge is -2.29. The molecule has 0 spiro atoms. The molecule has 11 heteroatoms. The summed E-state index contributed by atoms with van der Waals surface area (Å²) in [5.41, 5.74) is 0.804. The van der Waals surface area contributed by atoms with Crippen molar-refractivity contribution in [2.45, 2.75) is 17.1 Å². The molecule has 3 heterocycles. The summed E-state index contributed by atoms with van der Waals surface area (Å²) in [7, 11) is -1.81. The Morgan fingerprint density at radius 2 is 1.93 bits per heavy atom. The minimum atomic E-state index is -3.59. The minimum absolute atomic E-state index is 0.210. The smallest absolute Gasteiger partial charge is 0.252 e. The topological polar surface area (TPSA) is 71.7 Å². The van der Waals surface area contributed by atoms with Crippen LogP contribution in [0, 0.1) is 11.7 Å². The number of carbonyl (C=O) groups is 1. The Morgan fingerprint density at radius 3 is 2.59 bits per heavy atom. The van der Waals surface area contributed by atoms with Crippen molar-refractivity contribution in [3.63, 3.8) is 0 Å². The lowest BCUT2D eigenvalue weighted by Crippen LogP contribution is -2.40. The molecule has 0 atom stereocenters. The number of hydrogen-bond donors (Lipinski definition) is 0. The van der Waals surface area contributed by atoms with E-state index in [1.807, 2.05) is 0 Å². The van der Waals surface area contributed by atoms with Gasteiger partial charge in [0.25, 0.3) is 15.9 Å². The molecule has 1 amide bonds. The van der Waals surface area contributed by atoms with E-state index in [2.05, 4.69) is 4.99 Å². The largest absolute Gasteiger partial charge is 0.319 e. The number of thiophene rings is 1. The normalized spacial score (nSPS) is 17.3. The molecule has 6 nitrogen and oxygen atoms in total. The van der Waals surface area contributed by atoms with Crippen LogP contribution in [-0.4, -0.2) is 36.3 Å². The number of aromatic nitrogens is 1. The maximum absolute atomic E-state index is 13.4. The van der Waals surface area contributed by atoms with Crippen LogP contribution in [-0.2, 0) is 21.9 Å². The fraction of sp³-hybridized carbons (Fsp3) is 0.333. The number of nitrogens with zero attached hydrogens (tertiary/aromatic N) is 3. The number of amides is 1. The molecule has 29 heavy (non-hydrogen) atoms. The number of benzene rings is 1. The molecule has 3 aromatic rings. The summed E-state index contributed by atoms with van der Waals surface area (Å²) in [6.07, 6.45) is 0.813. The van der Waals surface area contributed by atoms with Gasteiger partial charge in [0.1, 0.15) is 10.0 Å². The molecule has 2 aromatic heterocycles. The fourth-order valence-electron chi connectivity index (χ4n) is 3.31. The molecule has 0 bridgehead atoms. The van der Waals surface area contributed by atoms with E-state index in [0.29, 0.717) is 22.0 Å². The Balaban J connectivity index is 1.50. The van der Waals surface area contributed by atoms with E-state index in [-0.39, 0.29) is 34.9 Å². The van der Waals surface area contributed by atoms with Crippen molar-refractivity contribution in [3.8, 4) is 0 Å². The first kappa shape index (κ1) is 20.7. The second-order valence-corrected chi connectivity index (χ2v) is 11.6. The fourth-order valence-corrected chi connectivity index (χ4v) is 7.46. The lowest BCUT2D eigenvalue weighted by atomic mass is 9.98. The van der Waals surface area contributed by atoms with Crippen LogP contribution in [0.3, 0.4) is 0 Å². The van der Waals surface area contributed by atoms with Gasteiger partial charge in [-0.25, -0.2) is 12.8 Å². The van der Waals surface area contributed by atoms with Crippen molar-refractivity contribution < 1.29 is 17.6 Å². The molecule has 154 valence electrons. The Labute approximate surface area is 179 Å². The first-order chi connectivity index (χ1) is 13.8. The van der Waals surface area contributed by atoms with Crippen LogP contribution in [0.1, 0.15) is 12.8 Å². The summed E-state index contributed by atoms with van der Waals surface area (Å²) in [4.78, 5) is 17.4. The summed E-state index contributed by atoms with van der Waals surface area (Å²) < 4.78 is 43.3. The van der Waals surface area contributed by atoms with Crippen LogP contribution in [0.5, 0.6) is 0 Å². The number of thiazole rings is 1. The third-order valence-corrected chi connectivity index (χ3v) is 9.61. The highest BCUT2D eigenvalue weighted by molar-refractivity contribution is 7.91. The highest BCUT2D eigenvalue weighted by Gasteiger charge is 2.32. The average molecular weight is 474 g/mol. The van der Waals surface area contributed by atoms with Gasteiger partial charge in [0.15, 0.2) is 4.80 Å². The Hall–Kier alpha value is -1.59. The van der Waals surface area contributed by atoms with Gasteiger partial charge in [0.05, 0.1) is 14.6 Å². The third kappa shape index (κ3) is 4.04. The maximum atomic E-state index is 13.4. The van der Waals surface area contributed by atoms with Crippen LogP contribution in [0.4, 0.5) is 4.39 Å². The van der Waals surface area contributed by atoms with Crippen LogP contribution >= 0.6 is 34.3 Å². The number of halogens is 2. The van der Waals surface area contributed by atoms with Crippen LogP contribution in [0.25, 0.3) is 10.2 Å². The number of rotatable bonds is 3. The molecule has 0 radical (unpaired) electrons. The molecule has 1 aliphatic rings. The molecule has 1 saturated heterocycles. The SMILES string of the molecule is Cn1c(=NC(=O)C2CCN(S(=O)(=O)c3ccc(Cl)s3)CC2)sc2cc(F)ccc21. The van der Waals surface area contributed by atoms with Crippen molar-refractivity contribution in [2.24, 2.45) is 18.0 Å². The first-order valence-corrected chi connectivity index (χ1v) is 12.3. The minimum Gasteiger partial charge on any atom is -0.319 e. The van der Waals surface area contributed by atoms with Gasteiger partial charge in [0, 0.05) is 26.1 Å². The number of piperidine rings is 1. The van der Waals surface area contributed by atoms with Gasteiger partial charge in [-0.05, 0) is 43.2 Å². The monoisotopic (exact) mass is 473 g/mol. The molecule has 0 N–H and O–H groups in total. The lowest BCUT2D eigenvalue weighted by molar-refractivity contribution is -0.122. The molecule has 1 fully saturated rings. The van der Waals surface area contributed by atoms with E-state index in [0.717, 1.165) is 21.6 Å². The van der Waals surface area contributed by atoms with Gasteiger partial charge < -0.3 is 4.57 Å². The maximum Gasteiger partial charge on any atom is 0.252 e. The van der Waals surface area contributed by atoms with Gasteiger partial charge in [-0.2, -0.15) is 9.30 Å². The van der Waals surface area contributed by atoms with Gasteiger partial charge in [-0.3, -0.25) is 4.79 Å². The van der Waals surface area contributed by atoms with E-state index >= 15 is 0 Å². The van der Waals surface area contributed by atoms with Crippen molar-refractivity contribution in [3.05, 3.63) is 45.3 Å². The zero-order chi connectivity index (χ0) is 20.8. The van der Waals surface area contributed by atoms with Crippen molar-refractivity contribution >= 4 is 60.4 Å². The zero-order valence-electron chi connectivity index (χ0n) is 15.3. The molecule has 1 aromatic carbocycles. The summed E-state index contributed by atoms with van der Waals surface area (Å²) >= 11 is 8.13. The first-order valence-electron chi connectivity index (χ1n) is 8.85. The molecule has 0 unspecified atom stereocenters. The highest BCUT2D eigenvalue weighted by atomic mass is 35.5. The van der Waals surface area contributed by atoms with E-state index in [4.69, 9.17) is 11.6 Å². The van der Waals surface area contributed by atoms with Crippen molar-refractivity contribution in [1.29, 1.82) is 0 Å². The standard InChI is InChI=1S/C18H17ClFN3O3S3/c1-22-13-3-2-12(20)10-14(13)27-18(22)21-17(24)11-6-8-23(9-7-11)29(25,26)16-5-4-15(19)28-16/h2-5,10-11H,6-9H2,1H3. The quantitative estimate of drug-likeness (QED) is 0.583. The Bertz CT molecular complexity index is 1250. The third-order valence-electron chi connectivity index (χ3n) is 4.92. The predicted octanol–water partition coefficient (Wildman–Crippen LogP) is 3.62.